The molecule has 4 rings (SSSR count). The fourth-order valence-corrected chi connectivity index (χ4v) is 3.22. The lowest BCUT2D eigenvalue weighted by molar-refractivity contribution is -0.173. The van der Waals surface area contributed by atoms with Crippen LogP contribution in [0.2, 0.25) is 0 Å². The zero-order valence-corrected chi connectivity index (χ0v) is 14.2. The zero-order chi connectivity index (χ0) is 20.0. The molecule has 1 fully saturated rings. The number of fused-ring (bicyclic) bond motifs is 1. The van der Waals surface area contributed by atoms with Crippen molar-refractivity contribution in [2.45, 2.75) is 6.42 Å². The number of carbonyl (C=O) groups is 4. The molecule has 2 aliphatic rings. The van der Waals surface area contributed by atoms with Gasteiger partial charge >= 0.3 is 5.97 Å². The first-order valence-electron chi connectivity index (χ1n) is 8.31. The SMILES string of the molecule is O=C(ON1C(=O)c2ccccc2C1=O)C1CC(=O)N(c2cc(F)cc(F)c2)C1. The molecule has 1 unspecified atom stereocenters. The molecule has 3 amide bonds. The number of carbonyl (C=O) groups excluding carboxylic acids is 4. The molecule has 0 aliphatic carbocycles. The molecule has 1 atom stereocenters. The first-order valence-corrected chi connectivity index (χ1v) is 8.31. The maximum absolute atomic E-state index is 13.4. The van der Waals surface area contributed by atoms with Gasteiger partial charge in [-0.05, 0) is 24.3 Å². The monoisotopic (exact) mass is 386 g/mol. The van der Waals surface area contributed by atoms with Gasteiger partial charge in [-0.1, -0.05) is 17.2 Å². The van der Waals surface area contributed by atoms with Crippen LogP contribution in [0.25, 0.3) is 0 Å². The number of rotatable bonds is 3. The summed E-state index contributed by atoms with van der Waals surface area (Å²) in [4.78, 5) is 55.1. The summed E-state index contributed by atoms with van der Waals surface area (Å²) in [7, 11) is 0. The third kappa shape index (κ3) is 2.90. The Morgan fingerprint density at radius 1 is 0.964 bits per heavy atom. The third-order valence-corrected chi connectivity index (χ3v) is 4.56. The van der Waals surface area contributed by atoms with E-state index < -0.39 is 41.2 Å². The van der Waals surface area contributed by atoms with Gasteiger partial charge in [0.1, 0.15) is 11.6 Å². The van der Waals surface area contributed by atoms with Crippen molar-refractivity contribution in [2.24, 2.45) is 5.92 Å². The normalized spacial score (nSPS) is 18.6. The van der Waals surface area contributed by atoms with Crippen LogP contribution in [0.5, 0.6) is 0 Å². The van der Waals surface area contributed by atoms with Crippen LogP contribution < -0.4 is 4.90 Å². The maximum atomic E-state index is 13.4. The van der Waals surface area contributed by atoms with Crippen molar-refractivity contribution >= 4 is 29.4 Å². The molecule has 0 bridgehead atoms. The van der Waals surface area contributed by atoms with Gasteiger partial charge in [0.15, 0.2) is 0 Å². The highest BCUT2D eigenvalue weighted by Crippen LogP contribution is 2.29. The molecule has 142 valence electrons. The van der Waals surface area contributed by atoms with Gasteiger partial charge in [0.25, 0.3) is 11.8 Å². The van der Waals surface area contributed by atoms with Gasteiger partial charge in [-0.25, -0.2) is 13.6 Å². The molecule has 2 aromatic carbocycles. The number of nitrogens with zero attached hydrogens (tertiary/aromatic N) is 2. The van der Waals surface area contributed by atoms with Crippen molar-refractivity contribution in [1.29, 1.82) is 0 Å². The molecular weight excluding hydrogens is 374 g/mol. The van der Waals surface area contributed by atoms with E-state index in [0.717, 1.165) is 17.0 Å². The molecule has 2 heterocycles. The average Bonchev–Trinajstić information content (AvgIpc) is 3.15. The van der Waals surface area contributed by atoms with E-state index in [2.05, 4.69) is 0 Å². The van der Waals surface area contributed by atoms with Crippen LogP contribution in [0.15, 0.2) is 42.5 Å². The number of anilines is 1. The van der Waals surface area contributed by atoms with Gasteiger partial charge in [-0.2, -0.15) is 0 Å². The Morgan fingerprint density at radius 2 is 1.54 bits per heavy atom. The second-order valence-corrected chi connectivity index (χ2v) is 6.39. The van der Waals surface area contributed by atoms with Gasteiger partial charge < -0.3 is 9.74 Å². The second-order valence-electron chi connectivity index (χ2n) is 6.39. The van der Waals surface area contributed by atoms with Crippen molar-refractivity contribution in [3.05, 3.63) is 65.2 Å². The van der Waals surface area contributed by atoms with E-state index in [1.165, 1.54) is 12.1 Å². The van der Waals surface area contributed by atoms with Crippen LogP contribution >= 0.6 is 0 Å². The van der Waals surface area contributed by atoms with Gasteiger partial charge in [0.2, 0.25) is 5.91 Å². The number of hydroxylamine groups is 2. The first-order chi connectivity index (χ1) is 13.3. The molecule has 28 heavy (non-hydrogen) atoms. The highest BCUT2D eigenvalue weighted by molar-refractivity contribution is 6.21. The smallest absolute Gasteiger partial charge is 0.329 e. The quantitative estimate of drug-likeness (QED) is 0.754. The molecule has 0 saturated carbocycles. The van der Waals surface area contributed by atoms with E-state index in [1.807, 2.05) is 0 Å². The molecule has 0 spiro atoms. The Balaban J connectivity index is 1.49. The van der Waals surface area contributed by atoms with Crippen LogP contribution in [-0.2, 0) is 14.4 Å². The van der Waals surface area contributed by atoms with Crippen molar-refractivity contribution in [1.82, 2.24) is 5.06 Å². The van der Waals surface area contributed by atoms with Gasteiger partial charge in [-0.3, -0.25) is 14.4 Å². The van der Waals surface area contributed by atoms with Crippen LogP contribution in [0, 0.1) is 17.6 Å². The van der Waals surface area contributed by atoms with E-state index >= 15 is 0 Å². The molecule has 1 saturated heterocycles. The molecule has 2 aliphatic heterocycles. The summed E-state index contributed by atoms with van der Waals surface area (Å²) >= 11 is 0. The largest absolute Gasteiger partial charge is 0.338 e. The Hall–Kier alpha value is -3.62. The van der Waals surface area contributed by atoms with Crippen molar-refractivity contribution in [3.8, 4) is 0 Å². The minimum absolute atomic E-state index is 0.0291. The second kappa shape index (κ2) is 6.52. The van der Waals surface area contributed by atoms with Gasteiger partial charge in [-0.15, -0.1) is 0 Å². The van der Waals surface area contributed by atoms with Crippen LogP contribution in [0.4, 0.5) is 14.5 Å². The Kier molecular flexibility index (Phi) is 4.14. The summed E-state index contributed by atoms with van der Waals surface area (Å²) in [6, 6.07) is 8.61. The van der Waals surface area contributed by atoms with Crippen molar-refractivity contribution in [3.63, 3.8) is 0 Å². The summed E-state index contributed by atoms with van der Waals surface area (Å²) < 4.78 is 26.8. The molecular formula is C19H12F2N2O5. The Bertz CT molecular complexity index is 983. The topological polar surface area (TPSA) is 84.0 Å². The number of amides is 3. The molecule has 0 aromatic heterocycles. The average molecular weight is 386 g/mol. The maximum Gasteiger partial charge on any atom is 0.338 e. The summed E-state index contributed by atoms with van der Waals surface area (Å²) in [5, 5.41) is 0.363. The molecule has 2 aromatic rings. The van der Waals surface area contributed by atoms with Gasteiger partial charge in [0, 0.05) is 24.7 Å². The lowest BCUT2D eigenvalue weighted by Crippen LogP contribution is -2.36. The Morgan fingerprint density at radius 3 is 2.11 bits per heavy atom. The van der Waals surface area contributed by atoms with Crippen LogP contribution in [0.3, 0.4) is 0 Å². The Labute approximate surface area is 157 Å². The third-order valence-electron chi connectivity index (χ3n) is 4.56. The lowest BCUT2D eigenvalue weighted by Gasteiger charge is -2.18. The van der Waals surface area contributed by atoms with E-state index in [1.54, 1.807) is 12.1 Å². The molecule has 0 N–H and O–H groups in total. The first kappa shape index (κ1) is 17.8. The fourth-order valence-electron chi connectivity index (χ4n) is 3.22. The predicted molar refractivity (Wildman–Crippen MR) is 89.9 cm³/mol. The number of imide groups is 1. The highest BCUT2D eigenvalue weighted by Gasteiger charge is 2.42. The summed E-state index contributed by atoms with van der Waals surface area (Å²) in [6.45, 7) is -0.191. The number of benzene rings is 2. The van der Waals surface area contributed by atoms with E-state index in [4.69, 9.17) is 4.84 Å². The highest BCUT2D eigenvalue weighted by atomic mass is 19.1. The summed E-state index contributed by atoms with van der Waals surface area (Å²) in [5.74, 6) is -5.76. The number of hydrogen-bond donors (Lipinski definition) is 0. The minimum Gasteiger partial charge on any atom is -0.329 e. The van der Waals surface area contributed by atoms with Crippen LogP contribution in [0.1, 0.15) is 27.1 Å². The number of halogens is 2. The summed E-state index contributed by atoms with van der Waals surface area (Å²) in [5.41, 5.74) is 0.192. The van der Waals surface area contributed by atoms with Gasteiger partial charge in [0.05, 0.1) is 17.0 Å². The molecule has 0 radical (unpaired) electrons. The summed E-state index contributed by atoms with van der Waals surface area (Å²) in [6.07, 6.45) is -0.278. The molecule has 9 heteroatoms. The lowest BCUT2D eigenvalue weighted by atomic mass is 10.1. The minimum atomic E-state index is -0.997. The van der Waals surface area contributed by atoms with E-state index in [9.17, 15) is 28.0 Å². The van der Waals surface area contributed by atoms with E-state index in [-0.39, 0.29) is 29.8 Å². The fraction of sp³-hybridized carbons (Fsp3) is 0.158. The predicted octanol–water partition coefficient (Wildman–Crippen LogP) is 2.07. The zero-order valence-electron chi connectivity index (χ0n) is 14.2. The molecule has 7 nitrogen and oxygen atoms in total. The standard InChI is InChI=1S/C19H12F2N2O5/c20-11-6-12(21)8-13(7-11)22-9-10(5-16(22)24)19(27)28-23-17(25)14-3-1-2-4-15(14)18(23)26/h1-4,6-8,10H,5,9H2. The van der Waals surface area contributed by atoms with Crippen molar-refractivity contribution in [2.75, 3.05) is 11.4 Å². The van der Waals surface area contributed by atoms with Crippen LogP contribution in [-0.4, -0.2) is 35.3 Å². The number of hydrogen-bond acceptors (Lipinski definition) is 5. The van der Waals surface area contributed by atoms with Crippen molar-refractivity contribution < 1.29 is 32.8 Å². The van der Waals surface area contributed by atoms with E-state index in [0.29, 0.717) is 11.1 Å².